The SMILES string of the molecule is Cc1ccc([C@H]2OCCC[C@H]2CNC(=O)c2cc(C)on2)cc1. The fourth-order valence-corrected chi connectivity index (χ4v) is 2.96. The molecule has 5 nitrogen and oxygen atoms in total. The lowest BCUT2D eigenvalue weighted by atomic mass is 9.89. The molecule has 122 valence electrons. The Morgan fingerprint density at radius 1 is 1.30 bits per heavy atom. The highest BCUT2D eigenvalue weighted by atomic mass is 16.5. The van der Waals surface area contributed by atoms with Crippen LogP contribution < -0.4 is 5.32 Å². The van der Waals surface area contributed by atoms with Crippen molar-refractivity contribution in [2.75, 3.05) is 13.2 Å². The zero-order valence-electron chi connectivity index (χ0n) is 13.5. The molecule has 1 amide bonds. The van der Waals surface area contributed by atoms with Crippen LogP contribution in [0.25, 0.3) is 0 Å². The van der Waals surface area contributed by atoms with E-state index in [4.69, 9.17) is 9.26 Å². The number of carbonyl (C=O) groups excluding carboxylic acids is 1. The molecule has 23 heavy (non-hydrogen) atoms. The molecule has 0 bridgehead atoms. The highest BCUT2D eigenvalue weighted by Gasteiger charge is 2.28. The minimum Gasteiger partial charge on any atom is -0.373 e. The molecule has 5 heteroatoms. The van der Waals surface area contributed by atoms with Gasteiger partial charge >= 0.3 is 0 Å². The van der Waals surface area contributed by atoms with Gasteiger partial charge in [0.05, 0.1) is 6.10 Å². The van der Waals surface area contributed by atoms with Crippen molar-refractivity contribution in [2.45, 2.75) is 32.8 Å². The Bertz CT molecular complexity index is 663. The summed E-state index contributed by atoms with van der Waals surface area (Å²) in [5.74, 6) is 0.701. The summed E-state index contributed by atoms with van der Waals surface area (Å²) in [5.41, 5.74) is 2.73. The lowest BCUT2D eigenvalue weighted by molar-refractivity contribution is -0.0272. The summed E-state index contributed by atoms with van der Waals surface area (Å²) in [5, 5.41) is 6.70. The molecular formula is C18H22N2O3. The zero-order chi connectivity index (χ0) is 16.2. The number of ether oxygens (including phenoxy) is 1. The Balaban J connectivity index is 1.64. The molecule has 0 aliphatic carbocycles. The van der Waals surface area contributed by atoms with Gasteiger partial charge in [0.15, 0.2) is 5.69 Å². The van der Waals surface area contributed by atoms with Gasteiger partial charge in [0.25, 0.3) is 5.91 Å². The lowest BCUT2D eigenvalue weighted by Gasteiger charge is -2.32. The Morgan fingerprint density at radius 3 is 2.78 bits per heavy atom. The number of benzene rings is 1. The molecule has 2 heterocycles. The van der Waals surface area contributed by atoms with Crippen LogP contribution in [0.15, 0.2) is 34.9 Å². The maximum absolute atomic E-state index is 12.1. The predicted molar refractivity (Wildman–Crippen MR) is 86.2 cm³/mol. The van der Waals surface area contributed by atoms with Crippen LogP contribution in [-0.4, -0.2) is 24.2 Å². The molecule has 2 atom stereocenters. The number of aromatic nitrogens is 1. The average molecular weight is 314 g/mol. The summed E-state index contributed by atoms with van der Waals surface area (Å²) in [4.78, 5) is 12.1. The van der Waals surface area contributed by atoms with Crippen LogP contribution in [0.5, 0.6) is 0 Å². The maximum Gasteiger partial charge on any atom is 0.273 e. The number of nitrogens with zero attached hydrogens (tertiary/aromatic N) is 1. The van der Waals surface area contributed by atoms with Crippen molar-refractivity contribution < 1.29 is 14.1 Å². The first-order chi connectivity index (χ1) is 11.1. The summed E-state index contributed by atoms with van der Waals surface area (Å²) in [6.45, 7) is 5.18. The van der Waals surface area contributed by atoms with E-state index in [1.165, 1.54) is 11.1 Å². The summed E-state index contributed by atoms with van der Waals surface area (Å²) >= 11 is 0. The summed E-state index contributed by atoms with van der Waals surface area (Å²) in [6.07, 6.45) is 2.09. The molecule has 2 aromatic rings. The second kappa shape index (κ2) is 6.96. The average Bonchev–Trinajstić information content (AvgIpc) is 3.00. The van der Waals surface area contributed by atoms with E-state index in [2.05, 4.69) is 41.7 Å². The fourth-order valence-electron chi connectivity index (χ4n) is 2.96. The summed E-state index contributed by atoms with van der Waals surface area (Å²) in [6, 6.07) is 10.1. The molecule has 1 aromatic heterocycles. The third-order valence-corrected chi connectivity index (χ3v) is 4.24. The van der Waals surface area contributed by atoms with Crippen LogP contribution in [0.4, 0.5) is 0 Å². The van der Waals surface area contributed by atoms with Gasteiger partial charge in [-0.15, -0.1) is 0 Å². The van der Waals surface area contributed by atoms with Crippen LogP contribution in [0.2, 0.25) is 0 Å². The molecule has 0 saturated carbocycles. The molecular weight excluding hydrogens is 292 g/mol. The molecule has 1 aliphatic heterocycles. The number of rotatable bonds is 4. The first kappa shape index (κ1) is 15.7. The Labute approximate surface area is 136 Å². The quantitative estimate of drug-likeness (QED) is 0.941. The molecule has 1 fully saturated rings. The lowest BCUT2D eigenvalue weighted by Crippen LogP contribution is -2.35. The predicted octanol–water partition coefficient (Wildman–Crippen LogP) is 3.19. The van der Waals surface area contributed by atoms with E-state index in [0.717, 1.165) is 19.4 Å². The number of aryl methyl sites for hydroxylation is 2. The first-order valence-corrected chi connectivity index (χ1v) is 8.03. The van der Waals surface area contributed by atoms with E-state index in [0.29, 0.717) is 18.0 Å². The van der Waals surface area contributed by atoms with Gasteiger partial charge in [-0.2, -0.15) is 0 Å². The molecule has 1 aliphatic rings. The molecule has 0 unspecified atom stereocenters. The van der Waals surface area contributed by atoms with E-state index in [-0.39, 0.29) is 17.9 Å². The molecule has 3 rings (SSSR count). The second-order valence-electron chi connectivity index (χ2n) is 6.14. The van der Waals surface area contributed by atoms with Crippen molar-refractivity contribution in [3.8, 4) is 0 Å². The zero-order valence-corrected chi connectivity index (χ0v) is 13.5. The first-order valence-electron chi connectivity index (χ1n) is 8.03. The molecule has 1 aromatic carbocycles. The van der Waals surface area contributed by atoms with Crippen LogP contribution >= 0.6 is 0 Å². The maximum atomic E-state index is 12.1. The Kier molecular flexibility index (Phi) is 4.76. The van der Waals surface area contributed by atoms with E-state index in [9.17, 15) is 4.79 Å². The Hall–Kier alpha value is -2.14. The third-order valence-electron chi connectivity index (χ3n) is 4.24. The monoisotopic (exact) mass is 314 g/mol. The van der Waals surface area contributed by atoms with Crippen molar-refractivity contribution in [1.82, 2.24) is 10.5 Å². The Morgan fingerprint density at radius 2 is 2.09 bits per heavy atom. The van der Waals surface area contributed by atoms with Gasteiger partial charge in [0, 0.05) is 25.1 Å². The minimum absolute atomic E-state index is 0.0312. The van der Waals surface area contributed by atoms with E-state index < -0.39 is 0 Å². The standard InChI is InChI=1S/C18H22N2O3/c1-12-5-7-14(8-6-12)17-15(4-3-9-22-17)11-19-18(21)16-10-13(2)23-20-16/h5-8,10,15,17H,3-4,9,11H2,1-2H3,(H,19,21)/t15-,17+/m0/s1. The number of carbonyl (C=O) groups is 1. The van der Waals surface area contributed by atoms with Crippen LogP contribution in [0.1, 0.15) is 46.3 Å². The summed E-state index contributed by atoms with van der Waals surface area (Å²) in [7, 11) is 0. The molecule has 0 spiro atoms. The van der Waals surface area contributed by atoms with Gasteiger partial charge in [0.1, 0.15) is 5.76 Å². The van der Waals surface area contributed by atoms with Gasteiger partial charge in [-0.3, -0.25) is 4.79 Å². The van der Waals surface area contributed by atoms with Gasteiger partial charge < -0.3 is 14.6 Å². The number of hydrogen-bond acceptors (Lipinski definition) is 4. The van der Waals surface area contributed by atoms with Crippen molar-refractivity contribution in [3.05, 3.63) is 52.9 Å². The van der Waals surface area contributed by atoms with Crippen LogP contribution in [0, 0.1) is 19.8 Å². The van der Waals surface area contributed by atoms with E-state index >= 15 is 0 Å². The topological polar surface area (TPSA) is 64.4 Å². The smallest absolute Gasteiger partial charge is 0.273 e. The van der Waals surface area contributed by atoms with Crippen LogP contribution in [0.3, 0.4) is 0 Å². The minimum atomic E-state index is -0.199. The van der Waals surface area contributed by atoms with Gasteiger partial charge in [-0.1, -0.05) is 35.0 Å². The van der Waals surface area contributed by atoms with Crippen molar-refractivity contribution in [2.24, 2.45) is 5.92 Å². The number of amides is 1. The highest BCUT2D eigenvalue weighted by molar-refractivity contribution is 5.92. The largest absolute Gasteiger partial charge is 0.373 e. The van der Waals surface area contributed by atoms with E-state index in [1.54, 1.807) is 13.0 Å². The van der Waals surface area contributed by atoms with Crippen molar-refractivity contribution in [3.63, 3.8) is 0 Å². The number of hydrogen-bond donors (Lipinski definition) is 1. The highest BCUT2D eigenvalue weighted by Crippen LogP contribution is 2.33. The van der Waals surface area contributed by atoms with Gasteiger partial charge in [-0.05, 0) is 32.3 Å². The van der Waals surface area contributed by atoms with Gasteiger partial charge in [-0.25, -0.2) is 0 Å². The molecule has 0 radical (unpaired) electrons. The molecule has 1 N–H and O–H groups in total. The summed E-state index contributed by atoms with van der Waals surface area (Å²) < 4.78 is 10.9. The van der Waals surface area contributed by atoms with Crippen molar-refractivity contribution in [1.29, 1.82) is 0 Å². The third kappa shape index (κ3) is 3.79. The second-order valence-corrected chi connectivity index (χ2v) is 6.14. The number of nitrogens with one attached hydrogen (secondary N) is 1. The molecule has 1 saturated heterocycles. The van der Waals surface area contributed by atoms with E-state index in [1.807, 2.05) is 0 Å². The normalized spacial score (nSPS) is 21.1. The van der Waals surface area contributed by atoms with Crippen LogP contribution in [-0.2, 0) is 4.74 Å². The van der Waals surface area contributed by atoms with Gasteiger partial charge in [0.2, 0.25) is 0 Å². The fraction of sp³-hybridized carbons (Fsp3) is 0.444. The van der Waals surface area contributed by atoms with Crippen molar-refractivity contribution >= 4 is 5.91 Å².